The first kappa shape index (κ1) is 20.3. The van der Waals surface area contributed by atoms with Crippen LogP contribution in [-0.4, -0.2) is 34.0 Å². The van der Waals surface area contributed by atoms with E-state index in [9.17, 15) is 4.79 Å². The molecule has 2 N–H and O–H groups in total. The van der Waals surface area contributed by atoms with Gasteiger partial charge in [0.2, 0.25) is 0 Å². The Morgan fingerprint density at radius 2 is 1.91 bits per heavy atom. The van der Waals surface area contributed by atoms with Crippen LogP contribution in [0.25, 0.3) is 10.9 Å². The Balaban J connectivity index is 1.34. The molecular weight excluding hydrogens is 398 g/mol. The van der Waals surface area contributed by atoms with Crippen molar-refractivity contribution in [1.82, 2.24) is 14.9 Å². The number of carbonyl (C=O) groups is 1. The van der Waals surface area contributed by atoms with Gasteiger partial charge in [-0.1, -0.05) is 31.2 Å². The first-order chi connectivity index (χ1) is 15.7. The van der Waals surface area contributed by atoms with Gasteiger partial charge < -0.3 is 15.5 Å². The molecule has 2 atom stereocenters. The van der Waals surface area contributed by atoms with Crippen molar-refractivity contribution in [1.29, 1.82) is 0 Å². The van der Waals surface area contributed by atoms with Crippen molar-refractivity contribution in [3.05, 3.63) is 54.4 Å². The minimum absolute atomic E-state index is 0.0264. The predicted octanol–water partition coefficient (Wildman–Crippen LogP) is 5.40. The molecule has 1 saturated carbocycles. The lowest BCUT2D eigenvalue weighted by Crippen LogP contribution is -2.46. The summed E-state index contributed by atoms with van der Waals surface area (Å²) in [6.45, 7) is 1.70. The van der Waals surface area contributed by atoms with Crippen molar-refractivity contribution in [3.63, 3.8) is 0 Å². The quantitative estimate of drug-likeness (QED) is 0.551. The van der Waals surface area contributed by atoms with Gasteiger partial charge in [0.05, 0.1) is 5.52 Å². The van der Waals surface area contributed by atoms with Crippen molar-refractivity contribution >= 4 is 34.1 Å². The summed E-state index contributed by atoms with van der Waals surface area (Å²) >= 11 is 0. The Labute approximate surface area is 188 Å². The highest BCUT2D eigenvalue weighted by atomic mass is 16.2. The first-order valence-corrected chi connectivity index (χ1v) is 11.3. The second-order valence-corrected chi connectivity index (χ2v) is 8.77. The molecule has 2 fully saturated rings. The minimum Gasteiger partial charge on any atom is -0.340 e. The summed E-state index contributed by atoms with van der Waals surface area (Å²) < 4.78 is 0. The van der Waals surface area contributed by atoms with Gasteiger partial charge in [-0.05, 0) is 61.1 Å². The molecule has 2 aromatic carbocycles. The number of piperidine rings is 1. The highest BCUT2D eigenvalue weighted by molar-refractivity contribution is 5.96. The van der Waals surface area contributed by atoms with Crippen LogP contribution in [0.2, 0.25) is 0 Å². The standard InChI is InChI=1S/C26H27N5O/c1-2-18-6-5-9-21(14-18)29-25-23-15-22(10-11-24(23)27-17-28-25)30-26(32)31-13-12-19-7-3-4-8-20(19)16-31/h1,5-6,9-11,14-15,17,19-20H,3-4,7-8,12-13,16H2,(H,30,32)(H,27,28,29). The van der Waals surface area contributed by atoms with E-state index in [4.69, 9.17) is 6.42 Å². The number of hydrogen-bond acceptors (Lipinski definition) is 4. The molecule has 0 radical (unpaired) electrons. The lowest BCUT2D eigenvalue weighted by Gasteiger charge is -2.41. The Hall–Kier alpha value is -3.59. The van der Waals surface area contributed by atoms with Crippen LogP contribution in [0.3, 0.4) is 0 Å². The number of aromatic nitrogens is 2. The average Bonchev–Trinajstić information content (AvgIpc) is 2.84. The lowest BCUT2D eigenvalue weighted by atomic mass is 9.75. The zero-order chi connectivity index (χ0) is 21.9. The molecule has 6 heteroatoms. The molecule has 1 aliphatic carbocycles. The molecule has 3 aromatic rings. The summed E-state index contributed by atoms with van der Waals surface area (Å²) in [6.07, 6.45) is 13.4. The maximum absolute atomic E-state index is 13.0. The summed E-state index contributed by atoms with van der Waals surface area (Å²) in [7, 11) is 0. The minimum atomic E-state index is -0.0264. The third-order valence-electron chi connectivity index (χ3n) is 6.76. The van der Waals surface area contributed by atoms with Crippen LogP contribution >= 0.6 is 0 Å². The van der Waals surface area contributed by atoms with Crippen LogP contribution < -0.4 is 10.6 Å². The molecule has 32 heavy (non-hydrogen) atoms. The van der Waals surface area contributed by atoms with E-state index in [0.717, 1.165) is 53.3 Å². The largest absolute Gasteiger partial charge is 0.340 e. The Morgan fingerprint density at radius 1 is 1.03 bits per heavy atom. The third-order valence-corrected chi connectivity index (χ3v) is 6.76. The highest BCUT2D eigenvalue weighted by Crippen LogP contribution is 2.36. The van der Waals surface area contributed by atoms with E-state index in [0.29, 0.717) is 11.7 Å². The van der Waals surface area contributed by atoms with Crippen LogP contribution in [0.5, 0.6) is 0 Å². The number of urea groups is 1. The number of benzene rings is 2. The smallest absolute Gasteiger partial charge is 0.321 e. The zero-order valence-electron chi connectivity index (χ0n) is 18.1. The Bertz CT molecular complexity index is 1180. The van der Waals surface area contributed by atoms with Crippen LogP contribution in [0.15, 0.2) is 48.8 Å². The van der Waals surface area contributed by atoms with E-state index < -0.39 is 0 Å². The van der Waals surface area contributed by atoms with Crippen LogP contribution in [0.4, 0.5) is 22.0 Å². The zero-order valence-corrected chi connectivity index (χ0v) is 18.1. The fourth-order valence-corrected chi connectivity index (χ4v) is 5.05. The van der Waals surface area contributed by atoms with E-state index in [2.05, 4.69) is 26.5 Å². The first-order valence-electron chi connectivity index (χ1n) is 11.3. The molecule has 2 unspecified atom stereocenters. The van der Waals surface area contributed by atoms with E-state index in [-0.39, 0.29) is 6.03 Å². The summed E-state index contributed by atoms with van der Waals surface area (Å²) in [5.74, 6) is 4.77. The normalized spacial score (nSPS) is 20.3. The van der Waals surface area contributed by atoms with Gasteiger partial charge in [-0.25, -0.2) is 14.8 Å². The van der Waals surface area contributed by atoms with Gasteiger partial charge in [-0.3, -0.25) is 0 Å². The molecule has 5 rings (SSSR count). The van der Waals surface area contributed by atoms with Gasteiger partial charge in [0.15, 0.2) is 0 Å². The summed E-state index contributed by atoms with van der Waals surface area (Å²) in [5, 5.41) is 7.25. The van der Waals surface area contributed by atoms with Gasteiger partial charge in [-0.15, -0.1) is 6.42 Å². The third kappa shape index (κ3) is 4.24. The van der Waals surface area contributed by atoms with E-state index in [1.54, 1.807) is 0 Å². The molecule has 1 aromatic heterocycles. The Morgan fingerprint density at radius 3 is 2.78 bits per heavy atom. The maximum atomic E-state index is 13.0. The number of amides is 2. The number of carbonyl (C=O) groups excluding carboxylic acids is 1. The summed E-state index contributed by atoms with van der Waals surface area (Å²) in [6, 6.07) is 13.3. The van der Waals surface area contributed by atoms with Crippen molar-refractivity contribution in [2.75, 3.05) is 23.7 Å². The van der Waals surface area contributed by atoms with Crippen LogP contribution in [0.1, 0.15) is 37.7 Å². The number of anilines is 3. The number of terminal acetylenes is 1. The average molecular weight is 426 g/mol. The molecule has 162 valence electrons. The van der Waals surface area contributed by atoms with Crippen LogP contribution in [0, 0.1) is 24.2 Å². The summed E-state index contributed by atoms with van der Waals surface area (Å²) in [4.78, 5) is 23.7. The van der Waals surface area contributed by atoms with Crippen molar-refractivity contribution in [2.24, 2.45) is 11.8 Å². The van der Waals surface area contributed by atoms with Gasteiger partial charge in [0.25, 0.3) is 0 Å². The molecule has 2 heterocycles. The number of rotatable bonds is 3. The fourth-order valence-electron chi connectivity index (χ4n) is 5.05. The number of nitrogens with zero attached hydrogens (tertiary/aromatic N) is 3. The van der Waals surface area contributed by atoms with E-state index in [1.807, 2.05) is 47.4 Å². The van der Waals surface area contributed by atoms with Crippen molar-refractivity contribution in [3.8, 4) is 12.3 Å². The molecule has 0 bridgehead atoms. The molecular formula is C26H27N5O. The van der Waals surface area contributed by atoms with Crippen molar-refractivity contribution in [2.45, 2.75) is 32.1 Å². The SMILES string of the molecule is C#Cc1cccc(Nc2ncnc3ccc(NC(=O)N4CCC5CCCCC5C4)cc23)c1. The highest BCUT2D eigenvalue weighted by Gasteiger charge is 2.32. The molecule has 2 aliphatic rings. The lowest BCUT2D eigenvalue weighted by molar-refractivity contribution is 0.108. The molecule has 0 spiro atoms. The van der Waals surface area contributed by atoms with E-state index in [1.165, 1.54) is 32.0 Å². The van der Waals surface area contributed by atoms with Crippen LogP contribution in [-0.2, 0) is 0 Å². The molecule has 1 saturated heterocycles. The van der Waals surface area contributed by atoms with E-state index >= 15 is 0 Å². The van der Waals surface area contributed by atoms with Gasteiger partial charge in [0, 0.05) is 35.4 Å². The van der Waals surface area contributed by atoms with Crippen molar-refractivity contribution < 1.29 is 4.79 Å². The number of likely N-dealkylation sites (tertiary alicyclic amines) is 1. The van der Waals surface area contributed by atoms with Gasteiger partial charge >= 0.3 is 6.03 Å². The maximum Gasteiger partial charge on any atom is 0.321 e. The molecule has 6 nitrogen and oxygen atoms in total. The number of nitrogens with one attached hydrogen (secondary N) is 2. The Kier molecular flexibility index (Phi) is 5.64. The van der Waals surface area contributed by atoms with Gasteiger partial charge in [0.1, 0.15) is 12.1 Å². The predicted molar refractivity (Wildman–Crippen MR) is 128 cm³/mol. The topological polar surface area (TPSA) is 70.1 Å². The summed E-state index contributed by atoms with van der Waals surface area (Å²) in [5.41, 5.74) is 3.19. The molecule has 1 aliphatic heterocycles. The van der Waals surface area contributed by atoms with Gasteiger partial charge in [-0.2, -0.15) is 0 Å². The second-order valence-electron chi connectivity index (χ2n) is 8.77. The number of hydrogen-bond donors (Lipinski definition) is 2. The number of fused-ring (bicyclic) bond motifs is 2. The monoisotopic (exact) mass is 425 g/mol. The second kappa shape index (κ2) is 8.88. The molecule has 2 amide bonds. The fraction of sp³-hybridized carbons (Fsp3) is 0.346.